The summed E-state index contributed by atoms with van der Waals surface area (Å²) in [5.41, 5.74) is 0. The molecule has 1 aliphatic heterocycles. The van der Waals surface area contributed by atoms with E-state index in [0.717, 1.165) is 12.7 Å². The molecule has 1 saturated heterocycles. The minimum Gasteiger partial charge on any atom is -0.481 e. The first-order chi connectivity index (χ1) is 6.40. The molecule has 1 N–H and O–H groups in total. The van der Waals surface area contributed by atoms with Gasteiger partial charge in [-0.15, -0.1) is 0 Å². The molecule has 1 fully saturated rings. The number of aliphatic carboxylic acids is 1. The highest BCUT2D eigenvalue weighted by molar-refractivity contribution is 7.99. The molecule has 0 spiro atoms. The number of rotatable bonds is 3. The summed E-state index contributed by atoms with van der Waals surface area (Å²) < 4.78 is 25.5. The monoisotopic (exact) mass is 224 g/mol. The molecule has 0 aromatic rings. The Morgan fingerprint density at radius 2 is 2.29 bits per heavy atom. The summed E-state index contributed by atoms with van der Waals surface area (Å²) in [6.45, 7) is 0.852. The molecule has 0 aliphatic carbocycles. The highest BCUT2D eigenvalue weighted by Gasteiger charge is 2.36. The molecule has 5 heteroatoms. The molecule has 1 heterocycles. The van der Waals surface area contributed by atoms with Gasteiger partial charge in [0.2, 0.25) is 5.92 Å². The quantitative estimate of drug-likeness (QED) is 0.800. The van der Waals surface area contributed by atoms with Gasteiger partial charge < -0.3 is 5.11 Å². The fourth-order valence-corrected chi connectivity index (χ4v) is 3.02. The van der Waals surface area contributed by atoms with E-state index in [1.165, 1.54) is 0 Å². The number of alkyl halides is 2. The molecular formula is C9H14F2O2S. The van der Waals surface area contributed by atoms with Crippen LogP contribution >= 0.6 is 11.8 Å². The lowest BCUT2D eigenvalue weighted by Gasteiger charge is -2.29. The summed E-state index contributed by atoms with van der Waals surface area (Å²) in [6, 6.07) is 0. The second kappa shape index (κ2) is 4.47. The highest BCUT2D eigenvalue weighted by atomic mass is 32.2. The van der Waals surface area contributed by atoms with Crippen molar-refractivity contribution in [2.45, 2.75) is 25.7 Å². The van der Waals surface area contributed by atoms with E-state index in [-0.39, 0.29) is 12.3 Å². The van der Waals surface area contributed by atoms with Crippen molar-refractivity contribution >= 4 is 17.7 Å². The zero-order chi connectivity index (χ0) is 10.8. The first-order valence-electron chi connectivity index (χ1n) is 4.58. The van der Waals surface area contributed by atoms with Gasteiger partial charge in [-0.25, -0.2) is 8.78 Å². The van der Waals surface area contributed by atoms with Crippen LogP contribution in [0.5, 0.6) is 0 Å². The molecule has 0 amide bonds. The van der Waals surface area contributed by atoms with Gasteiger partial charge in [-0.05, 0) is 30.8 Å². The van der Waals surface area contributed by atoms with E-state index >= 15 is 0 Å². The Hall–Kier alpha value is -0.320. The van der Waals surface area contributed by atoms with E-state index in [0.29, 0.717) is 12.2 Å². The van der Waals surface area contributed by atoms with Crippen LogP contribution < -0.4 is 0 Å². The Balaban J connectivity index is 2.59. The molecule has 82 valence electrons. The van der Waals surface area contributed by atoms with Gasteiger partial charge in [-0.1, -0.05) is 0 Å². The van der Waals surface area contributed by atoms with Crippen LogP contribution in [0.3, 0.4) is 0 Å². The minimum absolute atomic E-state index is 0.309. The van der Waals surface area contributed by atoms with Crippen molar-refractivity contribution in [3.8, 4) is 0 Å². The second-order valence-corrected chi connectivity index (χ2v) is 4.99. The van der Waals surface area contributed by atoms with E-state index in [2.05, 4.69) is 0 Å². The van der Waals surface area contributed by atoms with Gasteiger partial charge in [0.1, 0.15) is 0 Å². The first-order valence-corrected chi connectivity index (χ1v) is 5.74. The van der Waals surface area contributed by atoms with Gasteiger partial charge in [-0.2, -0.15) is 11.8 Å². The number of carbonyl (C=O) groups is 1. The molecule has 0 saturated carbocycles. The highest BCUT2D eigenvalue weighted by Crippen LogP contribution is 2.35. The average molecular weight is 224 g/mol. The van der Waals surface area contributed by atoms with E-state index in [4.69, 9.17) is 5.11 Å². The number of halogens is 2. The standard InChI is InChI=1S/C9H14F2O2S/c1-9(10,11)4-6-5-14-3-2-7(6)8(12)13/h6-7H,2-5H2,1H3,(H,12,13). The molecule has 0 aromatic heterocycles. The summed E-state index contributed by atoms with van der Waals surface area (Å²) in [4.78, 5) is 10.8. The van der Waals surface area contributed by atoms with Crippen molar-refractivity contribution in [3.63, 3.8) is 0 Å². The third kappa shape index (κ3) is 3.44. The van der Waals surface area contributed by atoms with Crippen molar-refractivity contribution in [3.05, 3.63) is 0 Å². The second-order valence-electron chi connectivity index (χ2n) is 3.84. The van der Waals surface area contributed by atoms with E-state index in [9.17, 15) is 13.6 Å². The van der Waals surface area contributed by atoms with Gasteiger partial charge >= 0.3 is 5.97 Å². The fourth-order valence-electron chi connectivity index (χ4n) is 1.78. The molecule has 2 nitrogen and oxygen atoms in total. The molecule has 1 aliphatic rings. The molecule has 14 heavy (non-hydrogen) atoms. The Bertz CT molecular complexity index is 215. The van der Waals surface area contributed by atoms with Crippen LogP contribution in [-0.2, 0) is 4.79 Å². The topological polar surface area (TPSA) is 37.3 Å². The largest absolute Gasteiger partial charge is 0.481 e. The summed E-state index contributed by atoms with van der Waals surface area (Å²) in [7, 11) is 0. The van der Waals surface area contributed by atoms with Gasteiger partial charge in [0.05, 0.1) is 5.92 Å². The number of thioether (sulfide) groups is 1. The Kier molecular flexibility index (Phi) is 3.75. The summed E-state index contributed by atoms with van der Waals surface area (Å²) in [5, 5.41) is 8.85. The molecule has 0 bridgehead atoms. The Morgan fingerprint density at radius 1 is 1.64 bits per heavy atom. The van der Waals surface area contributed by atoms with Crippen molar-refractivity contribution in [1.29, 1.82) is 0 Å². The smallest absolute Gasteiger partial charge is 0.306 e. The lowest BCUT2D eigenvalue weighted by molar-refractivity contribution is -0.144. The zero-order valence-electron chi connectivity index (χ0n) is 8.00. The summed E-state index contributed by atoms with van der Waals surface area (Å²) in [6.07, 6.45) is 0.206. The Morgan fingerprint density at radius 3 is 2.79 bits per heavy atom. The van der Waals surface area contributed by atoms with Crippen LogP contribution in [0.2, 0.25) is 0 Å². The maximum absolute atomic E-state index is 12.7. The molecule has 2 atom stereocenters. The van der Waals surface area contributed by atoms with Crippen LogP contribution in [-0.4, -0.2) is 28.5 Å². The fraction of sp³-hybridized carbons (Fsp3) is 0.889. The van der Waals surface area contributed by atoms with E-state index < -0.39 is 17.8 Å². The number of hydrogen-bond acceptors (Lipinski definition) is 2. The van der Waals surface area contributed by atoms with Crippen LogP contribution in [0.15, 0.2) is 0 Å². The van der Waals surface area contributed by atoms with Gasteiger partial charge in [-0.3, -0.25) is 4.79 Å². The van der Waals surface area contributed by atoms with Crippen molar-refractivity contribution in [1.82, 2.24) is 0 Å². The Labute approximate surface area is 86.1 Å². The number of carboxylic acids is 1. The maximum atomic E-state index is 12.7. The predicted molar refractivity (Wildman–Crippen MR) is 51.8 cm³/mol. The number of hydrogen-bond donors (Lipinski definition) is 1. The van der Waals surface area contributed by atoms with Crippen LogP contribution in [0.25, 0.3) is 0 Å². The summed E-state index contributed by atoms with van der Waals surface area (Å²) >= 11 is 1.57. The van der Waals surface area contributed by atoms with Gasteiger partial charge in [0.15, 0.2) is 0 Å². The molecule has 0 radical (unpaired) electrons. The number of carboxylic acid groups (broad SMARTS) is 1. The molecule has 2 unspecified atom stereocenters. The molecule has 0 aromatic carbocycles. The predicted octanol–water partition coefficient (Wildman–Crippen LogP) is 2.49. The SMILES string of the molecule is CC(F)(F)CC1CSCCC1C(=O)O. The van der Waals surface area contributed by atoms with Gasteiger partial charge in [0, 0.05) is 6.42 Å². The normalized spacial score (nSPS) is 28.8. The van der Waals surface area contributed by atoms with Crippen molar-refractivity contribution < 1.29 is 18.7 Å². The van der Waals surface area contributed by atoms with E-state index in [1.807, 2.05) is 0 Å². The zero-order valence-corrected chi connectivity index (χ0v) is 8.82. The average Bonchev–Trinajstić information content (AvgIpc) is 2.01. The van der Waals surface area contributed by atoms with Crippen molar-refractivity contribution in [2.75, 3.05) is 11.5 Å². The lowest BCUT2D eigenvalue weighted by atomic mass is 9.86. The molecular weight excluding hydrogens is 210 g/mol. The van der Waals surface area contributed by atoms with Gasteiger partial charge in [0.25, 0.3) is 0 Å². The molecule has 1 rings (SSSR count). The first kappa shape index (κ1) is 11.8. The third-order valence-corrected chi connectivity index (χ3v) is 3.60. The lowest BCUT2D eigenvalue weighted by Crippen LogP contribution is -2.33. The van der Waals surface area contributed by atoms with E-state index in [1.54, 1.807) is 11.8 Å². The maximum Gasteiger partial charge on any atom is 0.306 e. The van der Waals surface area contributed by atoms with Crippen LogP contribution in [0.4, 0.5) is 8.78 Å². The van der Waals surface area contributed by atoms with Crippen LogP contribution in [0, 0.1) is 11.8 Å². The third-order valence-electron chi connectivity index (χ3n) is 2.41. The van der Waals surface area contributed by atoms with Crippen molar-refractivity contribution in [2.24, 2.45) is 11.8 Å². The minimum atomic E-state index is -2.75. The summed E-state index contributed by atoms with van der Waals surface area (Å²) in [5.74, 6) is -3.34. The van der Waals surface area contributed by atoms with Crippen LogP contribution in [0.1, 0.15) is 19.8 Å².